The Morgan fingerprint density at radius 3 is 2.19 bits per heavy atom. The van der Waals surface area contributed by atoms with Crippen LogP contribution in [0, 0.1) is 0 Å². The van der Waals surface area contributed by atoms with E-state index in [0.29, 0.717) is 5.95 Å². The number of para-hydroxylation sites is 1. The third kappa shape index (κ3) is 4.16. The minimum Gasteiger partial charge on any atom is -0.368 e. The van der Waals surface area contributed by atoms with Gasteiger partial charge in [0.15, 0.2) is 5.82 Å². The van der Waals surface area contributed by atoms with Crippen molar-refractivity contribution in [3.63, 3.8) is 0 Å². The predicted octanol–water partition coefficient (Wildman–Crippen LogP) is 2.83. The molecule has 3 aromatic rings. The van der Waals surface area contributed by atoms with Crippen molar-refractivity contribution in [1.82, 2.24) is 15.2 Å². The number of benzene rings is 2. The fourth-order valence-corrected chi connectivity index (χ4v) is 3.35. The monoisotopic (exact) mass is 360 g/mol. The highest BCUT2D eigenvalue weighted by Crippen LogP contribution is 2.19. The molecule has 138 valence electrons. The van der Waals surface area contributed by atoms with E-state index in [1.807, 2.05) is 13.1 Å². The van der Waals surface area contributed by atoms with Crippen molar-refractivity contribution in [3.05, 3.63) is 72.4 Å². The summed E-state index contributed by atoms with van der Waals surface area (Å²) in [5, 5.41) is 8.46. The van der Waals surface area contributed by atoms with Crippen molar-refractivity contribution in [1.29, 1.82) is 0 Å². The van der Waals surface area contributed by atoms with Crippen molar-refractivity contribution >= 4 is 17.5 Å². The molecule has 2 aromatic carbocycles. The van der Waals surface area contributed by atoms with Gasteiger partial charge in [0.25, 0.3) is 0 Å². The molecule has 6 heteroatoms. The van der Waals surface area contributed by atoms with Crippen molar-refractivity contribution in [2.75, 3.05) is 47.9 Å². The second kappa shape index (κ2) is 8.03. The van der Waals surface area contributed by atoms with Crippen molar-refractivity contribution in [2.24, 2.45) is 0 Å². The number of nitrogens with zero attached hydrogens (tertiary/aromatic N) is 6. The van der Waals surface area contributed by atoms with Crippen LogP contribution in [0.1, 0.15) is 5.56 Å². The third-order valence-corrected chi connectivity index (χ3v) is 4.87. The van der Waals surface area contributed by atoms with Crippen LogP contribution in [0.4, 0.5) is 17.5 Å². The van der Waals surface area contributed by atoms with Gasteiger partial charge in [-0.15, -0.1) is 5.10 Å². The zero-order valence-corrected chi connectivity index (χ0v) is 15.6. The quantitative estimate of drug-likeness (QED) is 0.697. The molecule has 1 saturated heterocycles. The van der Waals surface area contributed by atoms with E-state index in [4.69, 9.17) is 4.98 Å². The Bertz CT molecular complexity index is 847. The average Bonchev–Trinajstić information content (AvgIpc) is 2.75. The molecule has 1 aliphatic rings. The molecule has 0 amide bonds. The highest BCUT2D eigenvalue weighted by atomic mass is 15.4. The van der Waals surface area contributed by atoms with Gasteiger partial charge in [-0.1, -0.05) is 48.5 Å². The molecule has 1 aliphatic heterocycles. The second-order valence-corrected chi connectivity index (χ2v) is 6.77. The second-order valence-electron chi connectivity index (χ2n) is 6.77. The van der Waals surface area contributed by atoms with E-state index >= 15 is 0 Å². The molecule has 0 bridgehead atoms. The van der Waals surface area contributed by atoms with Gasteiger partial charge in [0, 0.05) is 45.5 Å². The van der Waals surface area contributed by atoms with Gasteiger partial charge < -0.3 is 14.7 Å². The third-order valence-electron chi connectivity index (χ3n) is 4.87. The fraction of sp³-hybridized carbons (Fsp3) is 0.286. The van der Waals surface area contributed by atoms with Crippen LogP contribution >= 0.6 is 0 Å². The maximum atomic E-state index is 4.75. The number of anilines is 3. The highest BCUT2D eigenvalue weighted by Gasteiger charge is 2.20. The average molecular weight is 360 g/mol. The lowest BCUT2D eigenvalue weighted by atomic mass is 10.2. The number of rotatable bonds is 5. The van der Waals surface area contributed by atoms with Gasteiger partial charge in [0.1, 0.15) is 0 Å². The van der Waals surface area contributed by atoms with Crippen LogP contribution in [0.25, 0.3) is 0 Å². The standard InChI is InChI=1S/C21H24N6/c1-25(17-18-8-4-2-5-9-18)20-16-22-24-21(23-20)27-14-12-26(13-15-27)19-10-6-3-7-11-19/h2-11,16H,12-15,17H2,1H3. The molecule has 0 aliphatic carbocycles. The maximum Gasteiger partial charge on any atom is 0.247 e. The van der Waals surface area contributed by atoms with Crippen LogP contribution in [-0.4, -0.2) is 48.4 Å². The number of hydrogen-bond donors (Lipinski definition) is 0. The molecule has 0 radical (unpaired) electrons. The van der Waals surface area contributed by atoms with Crippen LogP contribution in [0.5, 0.6) is 0 Å². The minimum atomic E-state index is 0.708. The molecule has 0 saturated carbocycles. The topological polar surface area (TPSA) is 48.4 Å². The molecular weight excluding hydrogens is 336 g/mol. The zero-order valence-electron chi connectivity index (χ0n) is 15.6. The van der Waals surface area contributed by atoms with Gasteiger partial charge in [-0.2, -0.15) is 10.1 Å². The molecule has 2 heterocycles. The van der Waals surface area contributed by atoms with E-state index in [0.717, 1.165) is 38.5 Å². The molecular formula is C21H24N6. The summed E-state index contributed by atoms with van der Waals surface area (Å²) in [5.74, 6) is 1.55. The van der Waals surface area contributed by atoms with Gasteiger partial charge in [-0.25, -0.2) is 0 Å². The normalized spacial score (nSPS) is 14.3. The van der Waals surface area contributed by atoms with Crippen LogP contribution in [-0.2, 0) is 6.54 Å². The van der Waals surface area contributed by atoms with E-state index in [-0.39, 0.29) is 0 Å². The summed E-state index contributed by atoms with van der Waals surface area (Å²) in [6, 6.07) is 20.9. The first-order valence-corrected chi connectivity index (χ1v) is 9.29. The SMILES string of the molecule is CN(Cc1ccccc1)c1cnnc(N2CCN(c3ccccc3)CC2)n1. The zero-order chi connectivity index (χ0) is 18.5. The van der Waals surface area contributed by atoms with E-state index in [1.54, 1.807) is 6.20 Å². The highest BCUT2D eigenvalue weighted by molar-refractivity contribution is 5.49. The lowest BCUT2D eigenvalue weighted by molar-refractivity contribution is 0.634. The summed E-state index contributed by atoms with van der Waals surface area (Å²) >= 11 is 0. The first-order valence-electron chi connectivity index (χ1n) is 9.29. The van der Waals surface area contributed by atoms with Gasteiger partial charge in [-0.3, -0.25) is 0 Å². The summed E-state index contributed by atoms with van der Waals surface area (Å²) in [6.07, 6.45) is 1.73. The molecule has 1 fully saturated rings. The number of hydrogen-bond acceptors (Lipinski definition) is 6. The molecule has 6 nitrogen and oxygen atoms in total. The van der Waals surface area contributed by atoms with Crippen molar-refractivity contribution in [3.8, 4) is 0 Å². The number of piperazine rings is 1. The van der Waals surface area contributed by atoms with Gasteiger partial charge in [-0.05, 0) is 17.7 Å². The molecule has 0 unspecified atom stereocenters. The van der Waals surface area contributed by atoms with Crippen LogP contribution in [0.15, 0.2) is 66.9 Å². The Hall–Kier alpha value is -3.15. The Kier molecular flexibility index (Phi) is 5.14. The fourth-order valence-electron chi connectivity index (χ4n) is 3.35. The summed E-state index contributed by atoms with van der Waals surface area (Å²) in [6.45, 7) is 4.49. The molecule has 0 spiro atoms. The molecule has 1 aromatic heterocycles. The Labute approximate surface area is 160 Å². The summed E-state index contributed by atoms with van der Waals surface area (Å²) in [4.78, 5) is 11.5. The summed E-state index contributed by atoms with van der Waals surface area (Å²) in [5.41, 5.74) is 2.52. The predicted molar refractivity (Wildman–Crippen MR) is 109 cm³/mol. The van der Waals surface area contributed by atoms with E-state index in [9.17, 15) is 0 Å². The summed E-state index contributed by atoms with van der Waals surface area (Å²) in [7, 11) is 2.04. The van der Waals surface area contributed by atoms with Gasteiger partial charge in [0.05, 0.1) is 6.20 Å². The van der Waals surface area contributed by atoms with Crippen LogP contribution in [0.3, 0.4) is 0 Å². The lowest BCUT2D eigenvalue weighted by Crippen LogP contribution is -2.47. The van der Waals surface area contributed by atoms with Crippen molar-refractivity contribution in [2.45, 2.75) is 6.54 Å². The van der Waals surface area contributed by atoms with Gasteiger partial charge >= 0.3 is 0 Å². The molecule has 0 N–H and O–H groups in total. The first kappa shape index (κ1) is 17.3. The lowest BCUT2D eigenvalue weighted by Gasteiger charge is -2.36. The van der Waals surface area contributed by atoms with Crippen LogP contribution in [0.2, 0.25) is 0 Å². The van der Waals surface area contributed by atoms with Crippen molar-refractivity contribution < 1.29 is 0 Å². The van der Waals surface area contributed by atoms with E-state index in [2.05, 4.69) is 79.5 Å². The number of aromatic nitrogens is 3. The Morgan fingerprint density at radius 2 is 1.48 bits per heavy atom. The Balaban J connectivity index is 1.41. The van der Waals surface area contributed by atoms with Gasteiger partial charge in [0.2, 0.25) is 5.95 Å². The molecule has 4 rings (SSSR count). The maximum absolute atomic E-state index is 4.75. The minimum absolute atomic E-state index is 0.708. The Morgan fingerprint density at radius 1 is 0.852 bits per heavy atom. The van der Waals surface area contributed by atoms with E-state index < -0.39 is 0 Å². The van der Waals surface area contributed by atoms with Crippen LogP contribution < -0.4 is 14.7 Å². The molecule has 0 atom stereocenters. The first-order chi connectivity index (χ1) is 13.3. The largest absolute Gasteiger partial charge is 0.368 e. The smallest absolute Gasteiger partial charge is 0.247 e. The molecule has 27 heavy (non-hydrogen) atoms. The summed E-state index contributed by atoms with van der Waals surface area (Å²) < 4.78 is 0. The van der Waals surface area contributed by atoms with E-state index in [1.165, 1.54) is 11.3 Å².